The first-order chi connectivity index (χ1) is 10.8. The number of carbonyl (C=O) groups excluding carboxylic acids is 1. The maximum Gasteiger partial charge on any atom is 0.326 e. The Hall–Kier alpha value is -1.10. The Kier molecular flexibility index (Phi) is 8.03. The van der Waals surface area contributed by atoms with E-state index >= 15 is 0 Å². The second-order valence-electron chi connectivity index (χ2n) is 7.50. The summed E-state index contributed by atoms with van der Waals surface area (Å²) in [4.78, 5) is 23.3. The van der Waals surface area contributed by atoms with E-state index in [1.807, 2.05) is 0 Å². The summed E-state index contributed by atoms with van der Waals surface area (Å²) in [6.07, 6.45) is 6.40. The van der Waals surface area contributed by atoms with E-state index in [4.69, 9.17) is 9.84 Å². The lowest BCUT2D eigenvalue weighted by atomic mass is 9.67. The van der Waals surface area contributed by atoms with Crippen molar-refractivity contribution in [2.45, 2.75) is 71.8 Å². The Morgan fingerprint density at radius 2 is 1.87 bits per heavy atom. The van der Waals surface area contributed by atoms with Crippen molar-refractivity contribution in [2.75, 3.05) is 13.7 Å². The molecule has 1 aliphatic rings. The monoisotopic (exact) mass is 327 g/mol. The average Bonchev–Trinajstić information content (AvgIpc) is 2.51. The number of hydrogen-bond donors (Lipinski definition) is 2. The molecule has 1 saturated carbocycles. The first-order valence-corrected chi connectivity index (χ1v) is 8.81. The molecule has 1 atom stereocenters. The van der Waals surface area contributed by atoms with Gasteiger partial charge in [-0.15, -0.1) is 0 Å². The lowest BCUT2D eigenvalue weighted by Crippen LogP contribution is -2.42. The Morgan fingerprint density at radius 1 is 1.26 bits per heavy atom. The minimum atomic E-state index is -0.996. The van der Waals surface area contributed by atoms with Crippen LogP contribution >= 0.6 is 0 Å². The van der Waals surface area contributed by atoms with Crippen LogP contribution in [0, 0.1) is 17.3 Å². The topological polar surface area (TPSA) is 75.6 Å². The van der Waals surface area contributed by atoms with Crippen LogP contribution in [0.4, 0.5) is 0 Å². The molecule has 0 bridgehead atoms. The predicted octanol–water partition coefficient (Wildman–Crippen LogP) is 3.23. The molecule has 0 aromatic rings. The zero-order chi connectivity index (χ0) is 17.5. The number of amides is 1. The molecule has 2 N–H and O–H groups in total. The smallest absolute Gasteiger partial charge is 0.326 e. The highest BCUT2D eigenvalue weighted by Gasteiger charge is 2.32. The second kappa shape index (κ2) is 9.26. The Morgan fingerprint density at radius 3 is 2.35 bits per heavy atom. The van der Waals surface area contributed by atoms with E-state index in [0.29, 0.717) is 30.8 Å². The zero-order valence-electron chi connectivity index (χ0n) is 15.1. The summed E-state index contributed by atoms with van der Waals surface area (Å²) in [6.45, 7) is 7.23. The molecule has 1 fully saturated rings. The van der Waals surface area contributed by atoms with E-state index in [1.54, 1.807) is 0 Å². The SMILES string of the molecule is CCC(C)(C)C1CCC(CC(=O)NC(CCOC)C(=O)O)CC1. The number of carboxylic acids is 1. The molecule has 0 heterocycles. The van der Waals surface area contributed by atoms with E-state index in [0.717, 1.165) is 18.8 Å². The number of nitrogens with one attached hydrogen (secondary N) is 1. The van der Waals surface area contributed by atoms with Crippen LogP contribution in [0.5, 0.6) is 0 Å². The minimum absolute atomic E-state index is 0.147. The summed E-state index contributed by atoms with van der Waals surface area (Å²) in [5, 5.41) is 11.8. The lowest BCUT2D eigenvalue weighted by molar-refractivity contribution is -0.142. The molecule has 1 rings (SSSR count). The van der Waals surface area contributed by atoms with Gasteiger partial charge in [-0.1, -0.05) is 27.2 Å². The molecule has 0 aromatic carbocycles. The third-order valence-electron chi connectivity index (χ3n) is 5.58. The fourth-order valence-electron chi connectivity index (χ4n) is 3.45. The molecule has 23 heavy (non-hydrogen) atoms. The van der Waals surface area contributed by atoms with Crippen molar-refractivity contribution in [1.29, 1.82) is 0 Å². The van der Waals surface area contributed by atoms with Gasteiger partial charge in [0.15, 0.2) is 0 Å². The number of hydrogen-bond acceptors (Lipinski definition) is 3. The molecule has 1 amide bonds. The van der Waals surface area contributed by atoms with Gasteiger partial charge in [-0.25, -0.2) is 4.79 Å². The third kappa shape index (κ3) is 6.50. The second-order valence-corrected chi connectivity index (χ2v) is 7.50. The normalized spacial score (nSPS) is 23.3. The van der Waals surface area contributed by atoms with Gasteiger partial charge in [-0.3, -0.25) is 4.79 Å². The van der Waals surface area contributed by atoms with Gasteiger partial charge in [0.1, 0.15) is 6.04 Å². The fourth-order valence-corrected chi connectivity index (χ4v) is 3.45. The highest BCUT2D eigenvalue weighted by molar-refractivity contribution is 5.83. The van der Waals surface area contributed by atoms with Crippen molar-refractivity contribution in [3.63, 3.8) is 0 Å². The Balaban J connectivity index is 2.40. The number of carboxylic acid groups (broad SMARTS) is 1. The van der Waals surface area contributed by atoms with Crippen LogP contribution in [0.15, 0.2) is 0 Å². The molecule has 0 spiro atoms. The molecule has 134 valence electrons. The molecule has 1 aliphatic carbocycles. The number of methoxy groups -OCH3 is 1. The van der Waals surface area contributed by atoms with Crippen LogP contribution in [0.1, 0.15) is 65.7 Å². The van der Waals surface area contributed by atoms with Crippen molar-refractivity contribution in [3.8, 4) is 0 Å². The first-order valence-electron chi connectivity index (χ1n) is 8.81. The molecule has 1 unspecified atom stereocenters. The predicted molar refractivity (Wildman–Crippen MR) is 90.2 cm³/mol. The number of rotatable bonds is 9. The van der Waals surface area contributed by atoms with E-state index in [9.17, 15) is 9.59 Å². The fraction of sp³-hybridized carbons (Fsp3) is 0.889. The van der Waals surface area contributed by atoms with Crippen LogP contribution in [0.25, 0.3) is 0 Å². The molecule has 0 saturated heterocycles. The van der Waals surface area contributed by atoms with Crippen LogP contribution in [0.3, 0.4) is 0 Å². The van der Waals surface area contributed by atoms with Gasteiger partial charge in [0, 0.05) is 26.6 Å². The van der Waals surface area contributed by atoms with Crippen molar-refractivity contribution >= 4 is 11.9 Å². The van der Waals surface area contributed by atoms with Gasteiger partial charge in [-0.2, -0.15) is 0 Å². The number of carbonyl (C=O) groups is 2. The van der Waals surface area contributed by atoms with Gasteiger partial charge >= 0.3 is 5.97 Å². The number of ether oxygens (including phenoxy) is 1. The zero-order valence-corrected chi connectivity index (χ0v) is 15.1. The molecule has 0 aromatic heterocycles. The van der Waals surface area contributed by atoms with Crippen LogP contribution in [0.2, 0.25) is 0 Å². The highest BCUT2D eigenvalue weighted by atomic mass is 16.5. The van der Waals surface area contributed by atoms with E-state index in [-0.39, 0.29) is 5.91 Å². The largest absolute Gasteiger partial charge is 0.480 e. The van der Waals surface area contributed by atoms with Gasteiger partial charge in [-0.05, 0) is 42.9 Å². The molecule has 0 radical (unpaired) electrons. The van der Waals surface area contributed by atoms with Gasteiger partial charge < -0.3 is 15.2 Å². The quantitative estimate of drug-likeness (QED) is 0.682. The summed E-state index contributed by atoms with van der Waals surface area (Å²) in [6, 6.07) is -0.849. The summed E-state index contributed by atoms with van der Waals surface area (Å²) in [7, 11) is 1.52. The molecular weight excluding hydrogens is 294 g/mol. The van der Waals surface area contributed by atoms with E-state index in [1.165, 1.54) is 26.4 Å². The van der Waals surface area contributed by atoms with Gasteiger partial charge in [0.2, 0.25) is 5.91 Å². The van der Waals surface area contributed by atoms with E-state index < -0.39 is 12.0 Å². The van der Waals surface area contributed by atoms with Crippen molar-refractivity contribution in [1.82, 2.24) is 5.32 Å². The maximum absolute atomic E-state index is 12.1. The molecule has 0 aliphatic heterocycles. The standard InChI is InChI=1S/C18H33NO4/c1-5-18(2,3)14-8-6-13(7-9-14)12-16(20)19-15(17(21)22)10-11-23-4/h13-15H,5-12H2,1-4H3,(H,19,20)(H,21,22). The summed E-state index contributed by atoms with van der Waals surface area (Å²) in [5.74, 6) is -0.0217. The third-order valence-corrected chi connectivity index (χ3v) is 5.58. The first kappa shape index (κ1) is 19.9. The summed E-state index contributed by atoms with van der Waals surface area (Å²) >= 11 is 0. The molecule has 5 nitrogen and oxygen atoms in total. The van der Waals surface area contributed by atoms with Crippen molar-refractivity contribution < 1.29 is 19.4 Å². The number of aliphatic carboxylic acids is 1. The van der Waals surface area contributed by atoms with Crippen LogP contribution in [-0.2, 0) is 14.3 Å². The van der Waals surface area contributed by atoms with E-state index in [2.05, 4.69) is 26.1 Å². The van der Waals surface area contributed by atoms with Crippen molar-refractivity contribution in [3.05, 3.63) is 0 Å². The maximum atomic E-state index is 12.1. The molecule has 5 heteroatoms. The molecular formula is C18H33NO4. The lowest BCUT2D eigenvalue weighted by Gasteiger charge is -2.38. The summed E-state index contributed by atoms with van der Waals surface area (Å²) in [5.41, 5.74) is 0.377. The highest BCUT2D eigenvalue weighted by Crippen LogP contribution is 2.42. The van der Waals surface area contributed by atoms with Gasteiger partial charge in [0.25, 0.3) is 0 Å². The Labute approximate surface area is 140 Å². The summed E-state index contributed by atoms with van der Waals surface area (Å²) < 4.78 is 4.89. The Bertz CT molecular complexity index is 386. The van der Waals surface area contributed by atoms with Gasteiger partial charge in [0.05, 0.1) is 0 Å². The van der Waals surface area contributed by atoms with Crippen LogP contribution < -0.4 is 5.32 Å². The average molecular weight is 327 g/mol. The minimum Gasteiger partial charge on any atom is -0.480 e. The van der Waals surface area contributed by atoms with Crippen molar-refractivity contribution in [2.24, 2.45) is 17.3 Å². The van der Waals surface area contributed by atoms with Crippen LogP contribution in [-0.4, -0.2) is 36.7 Å².